The summed E-state index contributed by atoms with van der Waals surface area (Å²) >= 11 is 0. The fourth-order valence-electron chi connectivity index (χ4n) is 5.51. The number of hydrogen-bond acceptors (Lipinski definition) is 0. The first-order valence-electron chi connectivity index (χ1n) is 12.1. The zero-order valence-corrected chi connectivity index (χ0v) is 20.8. The van der Waals surface area contributed by atoms with Gasteiger partial charge in [-0.2, -0.15) is 0 Å². The van der Waals surface area contributed by atoms with Crippen molar-refractivity contribution in [2.75, 3.05) is 0 Å². The molecule has 4 aromatic rings. The quantitative estimate of drug-likeness (QED) is 0.262. The minimum absolute atomic E-state index is 0.0194. The largest absolute Gasteiger partial charge is 0.0622 e. The van der Waals surface area contributed by atoms with Crippen LogP contribution < -0.4 is 0 Å². The molecule has 0 radical (unpaired) electrons. The van der Waals surface area contributed by atoms with Crippen molar-refractivity contribution in [3.8, 4) is 33.4 Å². The minimum atomic E-state index is 0.0194. The van der Waals surface area contributed by atoms with Crippen LogP contribution in [-0.4, -0.2) is 0 Å². The molecule has 0 bridgehead atoms. The summed E-state index contributed by atoms with van der Waals surface area (Å²) in [5, 5.41) is 0. The highest BCUT2D eigenvalue weighted by Gasteiger charge is 2.34. The molecule has 0 nitrogen and oxygen atoms in total. The Morgan fingerprint density at radius 1 is 0.545 bits per heavy atom. The molecule has 166 valence electrons. The molecule has 0 heteroatoms. The van der Waals surface area contributed by atoms with E-state index in [0.29, 0.717) is 0 Å². The molecule has 0 amide bonds. The van der Waals surface area contributed by atoms with E-state index in [9.17, 15) is 0 Å². The summed E-state index contributed by atoms with van der Waals surface area (Å²) in [6.07, 6.45) is 0.997. The van der Waals surface area contributed by atoms with Crippen molar-refractivity contribution in [3.05, 3.63) is 107 Å². The van der Waals surface area contributed by atoms with E-state index in [0.717, 1.165) is 6.42 Å². The van der Waals surface area contributed by atoms with Crippen LogP contribution in [0.2, 0.25) is 0 Å². The van der Waals surface area contributed by atoms with Gasteiger partial charge in [0, 0.05) is 0 Å². The second kappa shape index (κ2) is 7.73. The smallest absolute Gasteiger partial charge is 0.000717 e. The number of fused-ring (bicyclic) bond motifs is 3. The lowest BCUT2D eigenvalue weighted by molar-refractivity contribution is 0.531. The monoisotopic (exact) mass is 430 g/mol. The maximum atomic E-state index is 2.51. The molecule has 1 aliphatic rings. The minimum Gasteiger partial charge on any atom is -0.0622 e. The first kappa shape index (κ1) is 21.7. The van der Waals surface area contributed by atoms with Gasteiger partial charge in [-0.25, -0.2) is 0 Å². The van der Waals surface area contributed by atoms with Crippen molar-refractivity contribution < 1.29 is 0 Å². The molecule has 0 atom stereocenters. The average Bonchev–Trinajstić information content (AvgIpc) is 3.16. The molecule has 0 heterocycles. The molecular weight excluding hydrogens is 396 g/mol. The SMILES string of the molecule is CC(C)(C)c1cc2c(c(-c3ccccc3-c3ccccc3)c1C(C)(C)C)Cc1ccccc1-2. The fraction of sp³-hybridized carbons (Fsp3) is 0.273. The van der Waals surface area contributed by atoms with Gasteiger partial charge in [0.05, 0.1) is 0 Å². The topological polar surface area (TPSA) is 0 Å². The molecule has 0 saturated carbocycles. The highest BCUT2D eigenvalue weighted by atomic mass is 14.4. The van der Waals surface area contributed by atoms with Gasteiger partial charge in [-0.3, -0.25) is 0 Å². The summed E-state index contributed by atoms with van der Waals surface area (Å²) < 4.78 is 0. The zero-order valence-electron chi connectivity index (χ0n) is 20.8. The Hall–Kier alpha value is -3.12. The summed E-state index contributed by atoms with van der Waals surface area (Å²) in [5.74, 6) is 0. The molecule has 0 fully saturated rings. The lowest BCUT2D eigenvalue weighted by Crippen LogP contribution is -2.24. The summed E-state index contributed by atoms with van der Waals surface area (Å²) in [6.45, 7) is 14.2. The zero-order chi connectivity index (χ0) is 23.4. The Labute approximate surface area is 199 Å². The molecular formula is C33H34. The van der Waals surface area contributed by atoms with E-state index in [1.54, 1.807) is 0 Å². The van der Waals surface area contributed by atoms with Crippen molar-refractivity contribution in [2.24, 2.45) is 0 Å². The van der Waals surface area contributed by atoms with E-state index in [-0.39, 0.29) is 10.8 Å². The Balaban J connectivity index is 1.94. The van der Waals surface area contributed by atoms with E-state index in [1.165, 1.54) is 55.6 Å². The van der Waals surface area contributed by atoms with Gasteiger partial charge in [-0.15, -0.1) is 0 Å². The van der Waals surface area contributed by atoms with Crippen LogP contribution in [0, 0.1) is 0 Å². The summed E-state index contributed by atoms with van der Waals surface area (Å²) in [5.41, 5.74) is 14.1. The van der Waals surface area contributed by atoms with Gasteiger partial charge in [0.1, 0.15) is 0 Å². The predicted molar refractivity (Wildman–Crippen MR) is 143 cm³/mol. The van der Waals surface area contributed by atoms with E-state index >= 15 is 0 Å². The van der Waals surface area contributed by atoms with Gasteiger partial charge in [0.2, 0.25) is 0 Å². The van der Waals surface area contributed by atoms with Gasteiger partial charge in [-0.05, 0) is 79.0 Å². The molecule has 0 N–H and O–H groups in total. The maximum absolute atomic E-state index is 2.51. The number of benzene rings is 4. The van der Waals surface area contributed by atoms with E-state index in [1.807, 2.05) is 0 Å². The number of rotatable bonds is 2. The van der Waals surface area contributed by atoms with Crippen LogP contribution >= 0.6 is 0 Å². The Morgan fingerprint density at radius 2 is 1.12 bits per heavy atom. The maximum Gasteiger partial charge on any atom is -0.000717 e. The van der Waals surface area contributed by atoms with Gasteiger partial charge in [0.25, 0.3) is 0 Å². The van der Waals surface area contributed by atoms with Crippen LogP contribution in [0.1, 0.15) is 63.8 Å². The second-order valence-electron chi connectivity index (χ2n) is 11.4. The third-order valence-electron chi connectivity index (χ3n) is 6.95. The van der Waals surface area contributed by atoms with Crippen molar-refractivity contribution in [1.29, 1.82) is 0 Å². The molecule has 4 aromatic carbocycles. The predicted octanol–water partition coefficient (Wildman–Crippen LogP) is 9.19. The first-order valence-corrected chi connectivity index (χ1v) is 12.1. The van der Waals surface area contributed by atoms with E-state index < -0.39 is 0 Å². The third kappa shape index (κ3) is 3.72. The van der Waals surface area contributed by atoms with Gasteiger partial charge < -0.3 is 0 Å². The molecule has 0 spiro atoms. The van der Waals surface area contributed by atoms with Crippen LogP contribution in [0.25, 0.3) is 33.4 Å². The number of hydrogen-bond donors (Lipinski definition) is 0. The summed E-state index contributed by atoms with van der Waals surface area (Å²) in [6, 6.07) is 31.3. The highest BCUT2D eigenvalue weighted by Crippen LogP contribution is 2.51. The molecule has 33 heavy (non-hydrogen) atoms. The normalized spacial score (nSPS) is 13.0. The van der Waals surface area contributed by atoms with E-state index in [2.05, 4.69) is 126 Å². The van der Waals surface area contributed by atoms with E-state index in [4.69, 9.17) is 0 Å². The van der Waals surface area contributed by atoms with Crippen molar-refractivity contribution in [2.45, 2.75) is 58.8 Å². The molecule has 0 aliphatic heterocycles. The molecule has 5 rings (SSSR count). The highest BCUT2D eigenvalue weighted by molar-refractivity contribution is 5.93. The Bertz CT molecular complexity index is 1330. The Kier molecular flexibility index (Phi) is 5.09. The van der Waals surface area contributed by atoms with Crippen LogP contribution in [-0.2, 0) is 17.3 Å². The van der Waals surface area contributed by atoms with Crippen molar-refractivity contribution >= 4 is 0 Å². The molecule has 0 aromatic heterocycles. The third-order valence-corrected chi connectivity index (χ3v) is 6.95. The van der Waals surface area contributed by atoms with Gasteiger partial charge in [0.15, 0.2) is 0 Å². The first-order chi connectivity index (χ1) is 15.7. The average molecular weight is 431 g/mol. The fourth-order valence-corrected chi connectivity index (χ4v) is 5.51. The van der Waals surface area contributed by atoms with Gasteiger partial charge in [-0.1, -0.05) is 120 Å². The lowest BCUT2D eigenvalue weighted by Gasteiger charge is -2.35. The molecule has 1 aliphatic carbocycles. The Morgan fingerprint density at radius 3 is 1.76 bits per heavy atom. The van der Waals surface area contributed by atoms with Crippen LogP contribution in [0.3, 0.4) is 0 Å². The molecule has 0 saturated heterocycles. The molecule has 0 unspecified atom stereocenters. The second-order valence-corrected chi connectivity index (χ2v) is 11.4. The van der Waals surface area contributed by atoms with Crippen LogP contribution in [0.15, 0.2) is 84.9 Å². The lowest BCUT2D eigenvalue weighted by atomic mass is 9.69. The van der Waals surface area contributed by atoms with Crippen LogP contribution in [0.4, 0.5) is 0 Å². The van der Waals surface area contributed by atoms with Gasteiger partial charge >= 0.3 is 0 Å². The standard InChI is InChI=1S/C33H34/c1-32(2,3)29-21-27-25-18-11-10-16-23(25)20-28(27)30(31(29)33(4,5)6)26-19-13-12-17-24(26)22-14-8-7-9-15-22/h7-19,21H,20H2,1-6H3. The van der Waals surface area contributed by atoms with Crippen LogP contribution in [0.5, 0.6) is 0 Å². The summed E-state index contributed by atoms with van der Waals surface area (Å²) in [7, 11) is 0. The van der Waals surface area contributed by atoms with Crippen molar-refractivity contribution in [1.82, 2.24) is 0 Å². The summed E-state index contributed by atoms with van der Waals surface area (Å²) in [4.78, 5) is 0. The van der Waals surface area contributed by atoms with Crippen molar-refractivity contribution in [3.63, 3.8) is 0 Å².